The van der Waals surface area contributed by atoms with Gasteiger partial charge in [-0.25, -0.2) is 8.78 Å². The van der Waals surface area contributed by atoms with Crippen LogP contribution < -0.4 is 5.32 Å². The Morgan fingerprint density at radius 1 is 1.03 bits per heavy atom. The van der Waals surface area contributed by atoms with Gasteiger partial charge in [0.05, 0.1) is 6.10 Å². The lowest BCUT2D eigenvalue weighted by molar-refractivity contribution is -0.136. The van der Waals surface area contributed by atoms with Crippen molar-refractivity contribution in [2.24, 2.45) is 0 Å². The van der Waals surface area contributed by atoms with Gasteiger partial charge in [0.1, 0.15) is 0 Å². The number of benzene rings is 3. The summed E-state index contributed by atoms with van der Waals surface area (Å²) in [6.07, 6.45) is -0.722. The van der Waals surface area contributed by atoms with Crippen LogP contribution in [0.25, 0.3) is 10.8 Å². The van der Waals surface area contributed by atoms with Crippen LogP contribution in [0, 0.1) is 11.6 Å². The fourth-order valence-electron chi connectivity index (χ4n) is 3.71. The topological polar surface area (TPSA) is 69.6 Å². The lowest BCUT2D eigenvalue weighted by Crippen LogP contribution is -2.43. The second kappa shape index (κ2) is 10.9. The van der Waals surface area contributed by atoms with Gasteiger partial charge in [0.2, 0.25) is 0 Å². The minimum absolute atomic E-state index is 0. The molecule has 0 unspecified atom stereocenters. The van der Waals surface area contributed by atoms with Crippen molar-refractivity contribution in [3.8, 4) is 0 Å². The maximum absolute atomic E-state index is 14.3. The number of carbonyl (C=O) groups is 1. The van der Waals surface area contributed by atoms with Gasteiger partial charge in [-0.05, 0) is 60.7 Å². The van der Waals surface area contributed by atoms with Gasteiger partial charge in [0, 0.05) is 24.1 Å². The average molecular weight is 464 g/mol. The third-order valence-electron chi connectivity index (χ3n) is 5.34. The fraction of sp³-hybridized carbons (Fsp3) is 0.320. The monoisotopic (exact) mass is 463 g/mol. The Bertz CT molecular complexity index is 1090. The number of carboxylic acids is 1. The van der Waals surface area contributed by atoms with Crippen LogP contribution >= 0.6 is 12.4 Å². The number of hydrogen-bond acceptors (Lipinski definition) is 3. The summed E-state index contributed by atoms with van der Waals surface area (Å²) in [6, 6.07) is 16.7. The second-order valence-electron chi connectivity index (χ2n) is 8.51. The van der Waals surface area contributed by atoms with E-state index in [0.29, 0.717) is 12.0 Å². The maximum Gasteiger partial charge on any atom is 0.303 e. The zero-order chi connectivity index (χ0) is 22.6. The standard InChI is InChI=1S/C25H27F2NO3.ClH/c1-25(2,14-17-7-9-18-5-3-4-6-19(18)11-17)28-15-22(29)20-12-16(8-10-23(30)31)13-21(26)24(20)27;/h3-7,9,11-13,22,28-29H,8,10,14-15H2,1-2H3,(H,30,31);1H/t22-;/m1./s1. The first-order chi connectivity index (χ1) is 14.6. The lowest BCUT2D eigenvalue weighted by atomic mass is 9.93. The molecule has 0 aliphatic carbocycles. The molecule has 3 aromatic rings. The van der Waals surface area contributed by atoms with Crippen molar-refractivity contribution in [2.45, 2.75) is 44.8 Å². The van der Waals surface area contributed by atoms with Crippen LogP contribution in [0.5, 0.6) is 0 Å². The van der Waals surface area contributed by atoms with Gasteiger partial charge < -0.3 is 15.5 Å². The van der Waals surface area contributed by atoms with E-state index in [1.165, 1.54) is 6.07 Å². The van der Waals surface area contributed by atoms with Crippen LogP contribution in [0.4, 0.5) is 8.78 Å². The number of aliphatic hydroxyl groups excluding tert-OH is 1. The molecule has 0 aromatic heterocycles. The summed E-state index contributed by atoms with van der Waals surface area (Å²) in [5, 5.41) is 24.9. The molecule has 0 heterocycles. The molecule has 1 atom stereocenters. The summed E-state index contributed by atoms with van der Waals surface area (Å²) in [4.78, 5) is 10.8. The Morgan fingerprint density at radius 3 is 2.41 bits per heavy atom. The predicted molar refractivity (Wildman–Crippen MR) is 124 cm³/mol. The summed E-state index contributed by atoms with van der Waals surface area (Å²) in [5.74, 6) is -3.22. The Kier molecular flexibility index (Phi) is 8.73. The van der Waals surface area contributed by atoms with Crippen LogP contribution in [0.2, 0.25) is 0 Å². The SMILES string of the molecule is CC(C)(Cc1ccc2ccccc2c1)NC[C@@H](O)c1cc(CCC(=O)O)cc(F)c1F.Cl. The van der Waals surface area contributed by atoms with Crippen LogP contribution in [-0.4, -0.2) is 28.3 Å². The summed E-state index contributed by atoms with van der Waals surface area (Å²) in [7, 11) is 0. The zero-order valence-corrected chi connectivity index (χ0v) is 18.9. The molecule has 0 amide bonds. The number of fused-ring (bicyclic) bond motifs is 1. The van der Waals surface area contributed by atoms with Crippen molar-refractivity contribution in [1.29, 1.82) is 0 Å². The predicted octanol–water partition coefficient (Wildman–Crippen LogP) is 5.20. The molecule has 0 bridgehead atoms. The molecule has 0 saturated heterocycles. The normalized spacial score (nSPS) is 12.4. The molecule has 4 nitrogen and oxygen atoms in total. The second-order valence-corrected chi connectivity index (χ2v) is 8.51. The highest BCUT2D eigenvalue weighted by Crippen LogP contribution is 2.24. The number of hydrogen-bond donors (Lipinski definition) is 3. The largest absolute Gasteiger partial charge is 0.481 e. The van der Waals surface area contributed by atoms with Crippen LogP contribution in [0.15, 0.2) is 54.6 Å². The number of β-amino-alcohol motifs (C(OH)–C–C–N with tert-alkyl or cyclic N) is 1. The van der Waals surface area contributed by atoms with E-state index in [2.05, 4.69) is 35.6 Å². The average Bonchev–Trinajstić information content (AvgIpc) is 2.72. The van der Waals surface area contributed by atoms with Crippen LogP contribution in [0.1, 0.15) is 43.1 Å². The van der Waals surface area contributed by atoms with E-state index >= 15 is 0 Å². The smallest absolute Gasteiger partial charge is 0.303 e. The van der Waals surface area contributed by atoms with Gasteiger partial charge in [-0.3, -0.25) is 4.79 Å². The molecular weight excluding hydrogens is 436 g/mol. The van der Waals surface area contributed by atoms with Crippen molar-refractivity contribution < 1.29 is 23.8 Å². The van der Waals surface area contributed by atoms with E-state index in [9.17, 15) is 18.7 Å². The van der Waals surface area contributed by atoms with Gasteiger partial charge in [-0.1, -0.05) is 42.5 Å². The third-order valence-corrected chi connectivity index (χ3v) is 5.34. The highest BCUT2D eigenvalue weighted by Gasteiger charge is 2.23. The Hall–Kier alpha value is -2.54. The Labute approximate surface area is 192 Å². The summed E-state index contributed by atoms with van der Waals surface area (Å²) < 4.78 is 28.2. The van der Waals surface area contributed by atoms with Crippen molar-refractivity contribution in [1.82, 2.24) is 5.32 Å². The first kappa shape index (κ1) is 25.7. The maximum atomic E-state index is 14.3. The van der Waals surface area contributed by atoms with Gasteiger partial charge >= 0.3 is 5.97 Å². The minimum atomic E-state index is -1.27. The highest BCUT2D eigenvalue weighted by atomic mass is 35.5. The van der Waals surface area contributed by atoms with E-state index in [0.717, 1.165) is 22.4 Å². The van der Waals surface area contributed by atoms with Gasteiger partial charge in [0.15, 0.2) is 11.6 Å². The number of aliphatic hydroxyl groups is 1. The van der Waals surface area contributed by atoms with Gasteiger partial charge in [-0.15, -0.1) is 12.4 Å². The molecule has 0 spiro atoms. The summed E-state index contributed by atoms with van der Waals surface area (Å²) >= 11 is 0. The number of carboxylic acid groups (broad SMARTS) is 1. The summed E-state index contributed by atoms with van der Waals surface area (Å²) in [5.41, 5.74) is 0.887. The highest BCUT2D eigenvalue weighted by molar-refractivity contribution is 5.85. The lowest BCUT2D eigenvalue weighted by Gasteiger charge is -2.28. The first-order valence-corrected chi connectivity index (χ1v) is 10.2. The molecule has 0 radical (unpaired) electrons. The van der Waals surface area contributed by atoms with E-state index in [4.69, 9.17) is 5.11 Å². The number of rotatable bonds is 9. The molecule has 7 heteroatoms. The molecule has 3 aromatic carbocycles. The molecule has 0 aliphatic rings. The Morgan fingerprint density at radius 2 is 1.72 bits per heavy atom. The molecule has 0 saturated carbocycles. The molecule has 0 aliphatic heterocycles. The van der Waals surface area contributed by atoms with Gasteiger partial charge in [-0.2, -0.15) is 0 Å². The molecule has 32 heavy (non-hydrogen) atoms. The fourth-order valence-corrected chi connectivity index (χ4v) is 3.71. The molecule has 3 N–H and O–H groups in total. The van der Waals surface area contributed by atoms with E-state index in [1.54, 1.807) is 0 Å². The van der Waals surface area contributed by atoms with Crippen molar-refractivity contribution in [3.63, 3.8) is 0 Å². The van der Waals surface area contributed by atoms with Crippen molar-refractivity contribution in [3.05, 3.63) is 82.9 Å². The molecule has 172 valence electrons. The minimum Gasteiger partial charge on any atom is -0.481 e. The van der Waals surface area contributed by atoms with E-state index in [1.807, 2.05) is 26.0 Å². The number of aliphatic carboxylic acids is 1. The van der Waals surface area contributed by atoms with Crippen LogP contribution in [-0.2, 0) is 17.6 Å². The summed E-state index contributed by atoms with van der Waals surface area (Å²) in [6.45, 7) is 3.99. The first-order valence-electron chi connectivity index (χ1n) is 10.2. The van der Waals surface area contributed by atoms with Crippen LogP contribution in [0.3, 0.4) is 0 Å². The third kappa shape index (κ3) is 6.73. The van der Waals surface area contributed by atoms with Crippen molar-refractivity contribution >= 4 is 29.1 Å². The molecular formula is C25H28ClF2NO3. The number of aryl methyl sites for hydroxylation is 1. The van der Waals surface area contributed by atoms with E-state index < -0.39 is 29.2 Å². The van der Waals surface area contributed by atoms with Crippen molar-refractivity contribution in [2.75, 3.05) is 6.54 Å². The molecule has 0 fully saturated rings. The van der Waals surface area contributed by atoms with E-state index in [-0.39, 0.29) is 37.4 Å². The zero-order valence-electron chi connectivity index (χ0n) is 18.1. The number of nitrogens with one attached hydrogen (secondary N) is 1. The quantitative estimate of drug-likeness (QED) is 0.408. The number of halogens is 3. The molecule has 3 rings (SSSR count). The van der Waals surface area contributed by atoms with Gasteiger partial charge in [0.25, 0.3) is 0 Å². The Balaban J connectivity index is 0.00000363.